The van der Waals surface area contributed by atoms with Crippen LogP contribution in [0.5, 0.6) is 0 Å². The summed E-state index contributed by atoms with van der Waals surface area (Å²) in [6.07, 6.45) is -0.577. The van der Waals surface area contributed by atoms with Crippen molar-refractivity contribution in [2.24, 2.45) is 5.73 Å². The summed E-state index contributed by atoms with van der Waals surface area (Å²) in [6, 6.07) is 7.37. The fraction of sp³-hybridized carbons (Fsp3) is 0.417. The van der Waals surface area contributed by atoms with Gasteiger partial charge in [0.1, 0.15) is 6.10 Å². The molecule has 0 radical (unpaired) electrons. The lowest BCUT2D eigenvalue weighted by Gasteiger charge is -2.22. The topological polar surface area (TPSA) is 55.6 Å². The van der Waals surface area contributed by atoms with E-state index in [4.69, 9.17) is 22.1 Å². The Morgan fingerprint density at radius 3 is 2.44 bits per heavy atom. The van der Waals surface area contributed by atoms with E-state index >= 15 is 0 Å². The second-order valence-electron chi connectivity index (χ2n) is 3.78. The van der Waals surface area contributed by atoms with Gasteiger partial charge in [-0.1, -0.05) is 23.7 Å². The molecule has 0 fully saturated rings. The van der Waals surface area contributed by atoms with E-state index in [1.54, 1.807) is 24.1 Å². The molecular formula is C12H18Cl2N2O2. The minimum atomic E-state index is -0.577. The molecule has 0 saturated carbocycles. The van der Waals surface area contributed by atoms with E-state index in [-0.39, 0.29) is 24.9 Å². The number of amides is 1. The molecule has 1 aromatic rings. The molecule has 0 aliphatic heterocycles. The van der Waals surface area contributed by atoms with E-state index in [9.17, 15) is 4.79 Å². The summed E-state index contributed by atoms with van der Waals surface area (Å²) in [5, 5.41) is 0.680. The van der Waals surface area contributed by atoms with Crippen LogP contribution < -0.4 is 5.73 Å². The third-order valence-corrected chi connectivity index (χ3v) is 2.74. The Bertz CT molecular complexity index is 367. The summed E-state index contributed by atoms with van der Waals surface area (Å²) >= 11 is 5.79. The Morgan fingerprint density at radius 2 is 2.00 bits per heavy atom. The van der Waals surface area contributed by atoms with Gasteiger partial charge in [-0.15, -0.1) is 12.4 Å². The summed E-state index contributed by atoms with van der Waals surface area (Å²) in [6.45, 7) is 0.691. The number of carbonyl (C=O) groups excluding carboxylic acids is 1. The normalized spacial score (nSPS) is 11.6. The van der Waals surface area contributed by atoms with Gasteiger partial charge in [0.25, 0.3) is 5.91 Å². The number of hydrogen-bond acceptors (Lipinski definition) is 3. The number of ether oxygens (including phenoxy) is 1. The zero-order valence-corrected chi connectivity index (χ0v) is 12.0. The highest BCUT2D eigenvalue weighted by atomic mass is 35.5. The van der Waals surface area contributed by atoms with Gasteiger partial charge in [0.15, 0.2) is 0 Å². The number of carbonyl (C=O) groups is 1. The third-order valence-electron chi connectivity index (χ3n) is 2.48. The fourth-order valence-corrected chi connectivity index (χ4v) is 1.61. The molecule has 0 spiro atoms. The first-order valence-corrected chi connectivity index (χ1v) is 5.68. The Kier molecular flexibility index (Phi) is 7.95. The van der Waals surface area contributed by atoms with E-state index in [1.165, 1.54) is 7.11 Å². The predicted octanol–water partition coefficient (Wildman–Crippen LogP) is 1.69. The van der Waals surface area contributed by atoms with Crippen molar-refractivity contribution in [2.75, 3.05) is 20.7 Å². The lowest BCUT2D eigenvalue weighted by molar-refractivity contribution is -0.140. The van der Waals surface area contributed by atoms with Crippen molar-refractivity contribution in [3.05, 3.63) is 34.9 Å². The highest BCUT2D eigenvalue weighted by molar-refractivity contribution is 6.30. The molecule has 0 saturated heterocycles. The minimum Gasteiger partial charge on any atom is -0.370 e. The molecule has 0 heterocycles. The van der Waals surface area contributed by atoms with E-state index < -0.39 is 6.10 Å². The lowest BCUT2D eigenvalue weighted by atomic mass is 10.2. The monoisotopic (exact) mass is 292 g/mol. The van der Waals surface area contributed by atoms with Gasteiger partial charge in [-0.2, -0.15) is 0 Å². The van der Waals surface area contributed by atoms with E-state index in [2.05, 4.69) is 0 Å². The maximum atomic E-state index is 11.9. The second-order valence-corrected chi connectivity index (χ2v) is 4.22. The van der Waals surface area contributed by atoms with Gasteiger partial charge in [0.2, 0.25) is 0 Å². The molecule has 2 N–H and O–H groups in total. The summed E-state index contributed by atoms with van der Waals surface area (Å²) in [5.41, 5.74) is 6.46. The molecule has 18 heavy (non-hydrogen) atoms. The van der Waals surface area contributed by atoms with Gasteiger partial charge in [0, 0.05) is 32.3 Å². The maximum absolute atomic E-state index is 11.9. The molecular weight excluding hydrogens is 275 g/mol. The first kappa shape index (κ1) is 17.2. The second kappa shape index (κ2) is 8.32. The van der Waals surface area contributed by atoms with E-state index in [0.717, 1.165) is 5.56 Å². The van der Waals surface area contributed by atoms with Crippen molar-refractivity contribution in [3.63, 3.8) is 0 Å². The smallest absolute Gasteiger partial charge is 0.253 e. The first-order chi connectivity index (χ1) is 8.08. The Morgan fingerprint density at radius 1 is 1.44 bits per heavy atom. The van der Waals surface area contributed by atoms with Crippen LogP contribution in [0.25, 0.3) is 0 Å². The van der Waals surface area contributed by atoms with E-state index in [0.29, 0.717) is 11.6 Å². The Hall–Kier alpha value is -0.810. The van der Waals surface area contributed by atoms with Crippen molar-refractivity contribution in [3.8, 4) is 0 Å². The van der Waals surface area contributed by atoms with E-state index in [1.807, 2.05) is 12.1 Å². The average Bonchev–Trinajstić information content (AvgIpc) is 2.33. The van der Waals surface area contributed by atoms with Gasteiger partial charge < -0.3 is 15.4 Å². The molecule has 1 atom stereocenters. The fourth-order valence-electron chi connectivity index (χ4n) is 1.49. The number of likely N-dealkylation sites (N-methyl/N-ethyl adjacent to an activating group) is 1. The first-order valence-electron chi connectivity index (χ1n) is 5.30. The number of methoxy groups -OCH3 is 1. The van der Waals surface area contributed by atoms with Crippen molar-refractivity contribution in [2.45, 2.75) is 12.6 Å². The number of halogens is 2. The number of benzene rings is 1. The SMILES string of the molecule is COC(CN)C(=O)N(C)Cc1ccc(Cl)cc1.Cl. The lowest BCUT2D eigenvalue weighted by Crippen LogP contribution is -2.41. The number of nitrogens with two attached hydrogens (primary N) is 1. The van der Waals surface area contributed by atoms with Gasteiger partial charge in [-0.3, -0.25) is 4.79 Å². The van der Waals surface area contributed by atoms with Gasteiger partial charge >= 0.3 is 0 Å². The molecule has 6 heteroatoms. The largest absolute Gasteiger partial charge is 0.370 e. The zero-order chi connectivity index (χ0) is 12.8. The summed E-state index contributed by atoms with van der Waals surface area (Å²) < 4.78 is 5.00. The average molecular weight is 293 g/mol. The summed E-state index contributed by atoms with van der Waals surface area (Å²) in [7, 11) is 3.20. The Balaban J connectivity index is 0.00000289. The van der Waals surface area contributed by atoms with Crippen LogP contribution in [0.3, 0.4) is 0 Å². The highest BCUT2D eigenvalue weighted by Crippen LogP contribution is 2.11. The van der Waals surface area contributed by atoms with Crippen molar-refractivity contribution in [1.82, 2.24) is 4.90 Å². The van der Waals surface area contributed by atoms with Gasteiger partial charge in [0.05, 0.1) is 0 Å². The van der Waals surface area contributed by atoms with Crippen LogP contribution in [0.1, 0.15) is 5.56 Å². The van der Waals surface area contributed by atoms with Crippen LogP contribution in [-0.4, -0.2) is 37.6 Å². The van der Waals surface area contributed by atoms with Crippen molar-refractivity contribution in [1.29, 1.82) is 0 Å². The molecule has 4 nitrogen and oxygen atoms in total. The number of hydrogen-bond donors (Lipinski definition) is 1. The van der Waals surface area contributed by atoms with Crippen LogP contribution in [-0.2, 0) is 16.1 Å². The van der Waals surface area contributed by atoms with Crippen LogP contribution in [0.4, 0.5) is 0 Å². The summed E-state index contributed by atoms with van der Waals surface area (Å²) in [4.78, 5) is 13.5. The van der Waals surface area contributed by atoms with Crippen LogP contribution >= 0.6 is 24.0 Å². The Labute approximate surface area is 118 Å². The molecule has 1 unspecified atom stereocenters. The molecule has 1 aromatic carbocycles. The molecule has 1 amide bonds. The van der Waals surface area contributed by atoms with Crippen LogP contribution in [0.2, 0.25) is 5.02 Å². The molecule has 0 aliphatic rings. The van der Waals surface area contributed by atoms with Gasteiger partial charge in [-0.05, 0) is 17.7 Å². The van der Waals surface area contributed by atoms with Crippen molar-refractivity contribution >= 4 is 29.9 Å². The highest BCUT2D eigenvalue weighted by Gasteiger charge is 2.19. The quantitative estimate of drug-likeness (QED) is 0.899. The molecule has 1 rings (SSSR count). The van der Waals surface area contributed by atoms with Gasteiger partial charge in [-0.25, -0.2) is 0 Å². The molecule has 0 bridgehead atoms. The van der Waals surface area contributed by atoms with Crippen molar-refractivity contribution < 1.29 is 9.53 Å². The number of nitrogens with zero attached hydrogens (tertiary/aromatic N) is 1. The molecule has 102 valence electrons. The van der Waals surface area contributed by atoms with Crippen LogP contribution in [0, 0.1) is 0 Å². The minimum absolute atomic E-state index is 0. The van der Waals surface area contributed by atoms with Crippen LogP contribution in [0.15, 0.2) is 24.3 Å². The molecule has 0 aromatic heterocycles. The predicted molar refractivity (Wildman–Crippen MR) is 75.0 cm³/mol. The number of rotatable bonds is 5. The molecule has 0 aliphatic carbocycles. The maximum Gasteiger partial charge on any atom is 0.253 e. The summed E-state index contributed by atoms with van der Waals surface area (Å²) in [5.74, 6) is -0.120. The third kappa shape index (κ3) is 4.82. The zero-order valence-electron chi connectivity index (χ0n) is 10.4. The standard InChI is InChI=1S/C12H17ClN2O2.ClH/c1-15(12(16)11(7-14)17-2)8-9-3-5-10(13)6-4-9;/h3-6,11H,7-8,14H2,1-2H3;1H.